The smallest absolute Gasteiger partial charge is 0.272 e. The molecule has 8 nitrogen and oxygen atoms in total. The molecule has 9 heteroatoms. The molecule has 1 N–H and O–H groups in total. The third-order valence-corrected chi connectivity index (χ3v) is 2.87. The van der Waals surface area contributed by atoms with Crippen LogP contribution < -0.4 is 5.32 Å². The first-order valence-electron chi connectivity index (χ1n) is 5.08. The predicted molar refractivity (Wildman–Crippen MR) is 73.0 cm³/mol. The van der Waals surface area contributed by atoms with Crippen molar-refractivity contribution in [2.75, 3.05) is 5.32 Å². The first-order valence-corrected chi connectivity index (χ1v) is 5.87. The molecule has 100 valence electrons. The molecule has 0 fully saturated rings. The molecule has 0 unspecified atom stereocenters. The van der Waals surface area contributed by atoms with Crippen LogP contribution >= 0.6 is 15.9 Å². The number of hydrogen-bond acceptors (Lipinski definition) is 7. The average molecular weight is 343 g/mol. The Morgan fingerprint density at radius 3 is 2.24 bits per heavy atom. The number of non-ortho nitro benzene ring substituents is 1. The number of nitrogens with one attached hydrogen (secondary N) is 1. The first kappa shape index (κ1) is 15.7. The van der Waals surface area contributed by atoms with Gasteiger partial charge in [0.2, 0.25) is 0 Å². The molecular formula is C12H3BrN6O2. The Labute approximate surface area is 127 Å². The lowest BCUT2D eigenvalue weighted by Gasteiger charge is -2.09. The molecule has 0 radical (unpaired) electrons. The van der Waals surface area contributed by atoms with Crippen molar-refractivity contribution in [3.8, 4) is 24.3 Å². The van der Waals surface area contributed by atoms with E-state index in [0.717, 1.165) is 12.1 Å². The van der Waals surface area contributed by atoms with Crippen molar-refractivity contribution in [2.24, 2.45) is 0 Å². The van der Waals surface area contributed by atoms with Crippen LogP contribution in [0.3, 0.4) is 0 Å². The van der Waals surface area contributed by atoms with Crippen LogP contribution in [-0.2, 0) is 0 Å². The van der Waals surface area contributed by atoms with E-state index >= 15 is 0 Å². The second-order valence-electron chi connectivity index (χ2n) is 3.43. The number of nitriles is 4. The molecule has 1 aromatic carbocycles. The molecule has 0 amide bonds. The van der Waals surface area contributed by atoms with Crippen LogP contribution in [-0.4, -0.2) is 4.92 Å². The minimum Gasteiger partial charge on any atom is -0.343 e. The highest BCUT2D eigenvalue weighted by Gasteiger charge is 2.17. The van der Waals surface area contributed by atoms with Crippen LogP contribution in [0.1, 0.15) is 5.56 Å². The van der Waals surface area contributed by atoms with Gasteiger partial charge in [-0.3, -0.25) is 10.1 Å². The lowest BCUT2D eigenvalue weighted by Crippen LogP contribution is -2.04. The molecule has 0 aliphatic carbocycles. The third-order valence-electron chi connectivity index (χ3n) is 2.24. The Morgan fingerprint density at radius 2 is 1.81 bits per heavy atom. The van der Waals surface area contributed by atoms with E-state index in [1.54, 1.807) is 12.1 Å². The lowest BCUT2D eigenvalue weighted by atomic mass is 10.1. The van der Waals surface area contributed by atoms with Crippen molar-refractivity contribution in [3.63, 3.8) is 0 Å². The van der Waals surface area contributed by atoms with Crippen LogP contribution in [0.2, 0.25) is 0 Å². The Hall–Kier alpha value is -3.40. The third kappa shape index (κ3) is 3.33. The number of rotatable bonds is 3. The van der Waals surface area contributed by atoms with Gasteiger partial charge in [-0.15, -0.1) is 0 Å². The zero-order valence-electron chi connectivity index (χ0n) is 10.1. The molecule has 0 aromatic heterocycles. The molecule has 21 heavy (non-hydrogen) atoms. The summed E-state index contributed by atoms with van der Waals surface area (Å²) in [5, 5.41) is 48.6. The number of nitrogens with zero attached hydrogens (tertiary/aromatic N) is 5. The van der Waals surface area contributed by atoms with Gasteiger partial charge in [0.1, 0.15) is 30.0 Å². The molecule has 0 aliphatic rings. The zero-order chi connectivity index (χ0) is 16.0. The average Bonchev–Trinajstić information content (AvgIpc) is 2.48. The molecule has 0 aliphatic heterocycles. The maximum Gasteiger partial charge on any atom is 0.272 e. The summed E-state index contributed by atoms with van der Waals surface area (Å²) >= 11 is 3.04. The van der Waals surface area contributed by atoms with Gasteiger partial charge in [-0.05, 0) is 15.9 Å². The standard InChI is InChI=1S/C12H3BrN6O2/c13-10-2-9(19(20)21)1-7(3-14)12(10)18-11(6-17)8(4-15)5-16/h1-2,18H. The number of hydrogen-bond donors (Lipinski definition) is 1. The van der Waals surface area contributed by atoms with E-state index in [0.29, 0.717) is 0 Å². The molecular weight excluding hydrogens is 340 g/mol. The Morgan fingerprint density at radius 1 is 1.19 bits per heavy atom. The summed E-state index contributed by atoms with van der Waals surface area (Å²) in [7, 11) is 0. The van der Waals surface area contributed by atoms with E-state index < -0.39 is 10.5 Å². The summed E-state index contributed by atoms with van der Waals surface area (Å²) in [4.78, 5) is 10.0. The second kappa shape index (κ2) is 6.68. The fraction of sp³-hybridized carbons (Fsp3) is 0. The molecule has 0 bridgehead atoms. The molecule has 0 atom stereocenters. The Kier molecular flexibility index (Phi) is 4.98. The van der Waals surface area contributed by atoms with Crippen molar-refractivity contribution in [1.82, 2.24) is 0 Å². The number of allylic oxidation sites excluding steroid dienone is 2. The van der Waals surface area contributed by atoms with Crippen LogP contribution in [0, 0.1) is 55.4 Å². The molecule has 0 saturated heterocycles. The fourth-order valence-electron chi connectivity index (χ4n) is 1.32. The minimum absolute atomic E-state index is 0.0580. The topological polar surface area (TPSA) is 150 Å². The van der Waals surface area contributed by atoms with Crippen LogP contribution in [0.4, 0.5) is 11.4 Å². The summed E-state index contributed by atoms with van der Waals surface area (Å²) in [5.74, 6) is 0. The number of benzene rings is 1. The molecule has 0 saturated carbocycles. The maximum absolute atomic E-state index is 10.7. The monoisotopic (exact) mass is 342 g/mol. The number of nitro groups is 1. The number of nitro benzene ring substituents is 1. The number of halogens is 1. The largest absolute Gasteiger partial charge is 0.343 e. The van der Waals surface area contributed by atoms with E-state index in [2.05, 4.69) is 21.2 Å². The van der Waals surface area contributed by atoms with Crippen LogP contribution in [0.5, 0.6) is 0 Å². The van der Waals surface area contributed by atoms with Gasteiger partial charge in [0.15, 0.2) is 5.57 Å². The van der Waals surface area contributed by atoms with E-state index in [-0.39, 0.29) is 27.1 Å². The van der Waals surface area contributed by atoms with Gasteiger partial charge in [-0.1, -0.05) is 0 Å². The molecule has 0 heterocycles. The van der Waals surface area contributed by atoms with Gasteiger partial charge in [-0.2, -0.15) is 21.0 Å². The van der Waals surface area contributed by atoms with Crippen LogP contribution in [0.15, 0.2) is 27.9 Å². The molecule has 1 aromatic rings. The second-order valence-corrected chi connectivity index (χ2v) is 4.28. The molecule has 1 rings (SSSR count). The Bertz CT molecular complexity index is 800. The van der Waals surface area contributed by atoms with Crippen molar-refractivity contribution >= 4 is 27.3 Å². The summed E-state index contributed by atoms with van der Waals surface area (Å²) in [6, 6.07) is 8.59. The van der Waals surface area contributed by atoms with E-state index in [1.165, 1.54) is 12.1 Å². The van der Waals surface area contributed by atoms with Crippen molar-refractivity contribution in [3.05, 3.63) is 43.6 Å². The van der Waals surface area contributed by atoms with Crippen molar-refractivity contribution in [1.29, 1.82) is 21.0 Å². The quantitative estimate of drug-likeness (QED) is 0.503. The van der Waals surface area contributed by atoms with Gasteiger partial charge >= 0.3 is 0 Å². The zero-order valence-corrected chi connectivity index (χ0v) is 11.7. The summed E-state index contributed by atoms with van der Waals surface area (Å²) in [6.07, 6.45) is 0. The highest BCUT2D eigenvalue weighted by atomic mass is 79.9. The first-order chi connectivity index (χ1) is 9.98. The highest BCUT2D eigenvalue weighted by molar-refractivity contribution is 9.10. The van der Waals surface area contributed by atoms with Gasteiger partial charge in [0.05, 0.1) is 16.2 Å². The maximum atomic E-state index is 10.7. The minimum atomic E-state index is -0.674. The highest BCUT2D eigenvalue weighted by Crippen LogP contribution is 2.32. The number of anilines is 1. The van der Waals surface area contributed by atoms with E-state index in [4.69, 9.17) is 21.0 Å². The summed E-state index contributed by atoms with van der Waals surface area (Å²) < 4.78 is 0.149. The van der Waals surface area contributed by atoms with Gasteiger partial charge in [0, 0.05) is 16.6 Å². The SMILES string of the molecule is N#CC(C#N)=C(C#N)Nc1c(Br)cc([N+](=O)[O-])cc1C#N. The fourth-order valence-corrected chi connectivity index (χ4v) is 1.87. The van der Waals surface area contributed by atoms with Crippen molar-refractivity contribution < 1.29 is 4.92 Å². The summed E-state index contributed by atoms with van der Waals surface area (Å²) in [6.45, 7) is 0. The van der Waals surface area contributed by atoms with Gasteiger partial charge in [0.25, 0.3) is 5.69 Å². The van der Waals surface area contributed by atoms with E-state index in [1.807, 2.05) is 0 Å². The van der Waals surface area contributed by atoms with Gasteiger partial charge in [-0.25, -0.2) is 0 Å². The Balaban J connectivity index is 3.48. The normalized spacial score (nSPS) is 8.43. The molecule has 0 spiro atoms. The van der Waals surface area contributed by atoms with E-state index in [9.17, 15) is 10.1 Å². The van der Waals surface area contributed by atoms with Crippen LogP contribution in [0.25, 0.3) is 0 Å². The summed E-state index contributed by atoms with van der Waals surface area (Å²) in [5.41, 5.74) is -1.19. The van der Waals surface area contributed by atoms with Gasteiger partial charge < -0.3 is 5.32 Å². The van der Waals surface area contributed by atoms with Crippen molar-refractivity contribution in [2.45, 2.75) is 0 Å². The predicted octanol–water partition coefficient (Wildman–Crippen LogP) is 2.47. The lowest BCUT2D eigenvalue weighted by molar-refractivity contribution is -0.384.